The van der Waals surface area contributed by atoms with Crippen molar-refractivity contribution in [3.63, 3.8) is 0 Å². The van der Waals surface area contributed by atoms with E-state index in [1.165, 1.54) is 10.9 Å². The molecule has 1 aromatic rings. The lowest BCUT2D eigenvalue weighted by Crippen LogP contribution is -2.25. The molecule has 0 saturated heterocycles. The highest BCUT2D eigenvalue weighted by Crippen LogP contribution is 2.20. The van der Waals surface area contributed by atoms with Crippen LogP contribution in [0.15, 0.2) is 17.3 Å². The van der Waals surface area contributed by atoms with Crippen molar-refractivity contribution in [2.24, 2.45) is 0 Å². The number of aromatic nitrogens is 2. The average Bonchev–Trinajstić information content (AvgIpc) is 2.80. The summed E-state index contributed by atoms with van der Waals surface area (Å²) in [6.45, 7) is 0.0292. The van der Waals surface area contributed by atoms with Crippen LogP contribution in [0.1, 0.15) is 19.3 Å². The van der Waals surface area contributed by atoms with Crippen LogP contribution < -0.4 is 4.72 Å². The number of rotatable bonds is 8. The van der Waals surface area contributed by atoms with E-state index in [1.807, 2.05) is 0 Å². The van der Waals surface area contributed by atoms with Crippen molar-refractivity contribution in [3.8, 4) is 0 Å². The Hall–Kier alpha value is -1.13. The third-order valence-corrected chi connectivity index (χ3v) is 3.81. The SMILES string of the molecule is O=S(=O)(NCCCC(F)(F)F)c1cnn(CCCO)c1. The van der Waals surface area contributed by atoms with E-state index >= 15 is 0 Å². The van der Waals surface area contributed by atoms with Crippen molar-refractivity contribution in [2.75, 3.05) is 13.2 Å². The highest BCUT2D eigenvalue weighted by atomic mass is 32.2. The smallest absolute Gasteiger partial charge is 0.389 e. The van der Waals surface area contributed by atoms with Crippen LogP contribution in [0.2, 0.25) is 0 Å². The van der Waals surface area contributed by atoms with E-state index in [-0.39, 0.29) is 24.5 Å². The number of halogens is 3. The molecule has 0 atom stereocenters. The van der Waals surface area contributed by atoms with Gasteiger partial charge in [0.2, 0.25) is 10.0 Å². The monoisotopic (exact) mass is 315 g/mol. The summed E-state index contributed by atoms with van der Waals surface area (Å²) in [5.41, 5.74) is 0. The number of alkyl halides is 3. The molecule has 0 aliphatic heterocycles. The van der Waals surface area contributed by atoms with Gasteiger partial charge in [-0.05, 0) is 12.8 Å². The maximum absolute atomic E-state index is 11.9. The van der Waals surface area contributed by atoms with Gasteiger partial charge in [-0.2, -0.15) is 18.3 Å². The van der Waals surface area contributed by atoms with E-state index in [2.05, 4.69) is 9.82 Å². The van der Waals surface area contributed by atoms with E-state index in [9.17, 15) is 21.6 Å². The van der Waals surface area contributed by atoms with Crippen LogP contribution in [0.25, 0.3) is 0 Å². The zero-order valence-corrected chi connectivity index (χ0v) is 11.4. The number of nitrogens with zero attached hydrogens (tertiary/aromatic N) is 2. The minimum absolute atomic E-state index is 0.0440. The van der Waals surface area contributed by atoms with Gasteiger partial charge in [-0.1, -0.05) is 0 Å². The van der Waals surface area contributed by atoms with Gasteiger partial charge < -0.3 is 5.11 Å². The molecule has 0 aromatic carbocycles. The van der Waals surface area contributed by atoms with Crippen LogP contribution in [0.4, 0.5) is 13.2 Å². The maximum Gasteiger partial charge on any atom is 0.389 e. The second-order valence-corrected chi connectivity index (χ2v) is 5.90. The van der Waals surface area contributed by atoms with Gasteiger partial charge in [0.15, 0.2) is 0 Å². The van der Waals surface area contributed by atoms with Gasteiger partial charge in [-0.15, -0.1) is 0 Å². The fraction of sp³-hybridized carbons (Fsp3) is 0.700. The van der Waals surface area contributed by atoms with Crippen LogP contribution in [-0.4, -0.2) is 42.6 Å². The van der Waals surface area contributed by atoms with Crippen LogP contribution in [-0.2, 0) is 16.6 Å². The lowest BCUT2D eigenvalue weighted by atomic mass is 10.3. The molecule has 116 valence electrons. The number of aryl methyl sites for hydroxylation is 1. The normalized spacial score (nSPS) is 12.8. The van der Waals surface area contributed by atoms with Crippen molar-refractivity contribution in [1.82, 2.24) is 14.5 Å². The molecule has 0 spiro atoms. The summed E-state index contributed by atoms with van der Waals surface area (Å²) in [6.07, 6.45) is -2.83. The Morgan fingerprint density at radius 2 is 2.05 bits per heavy atom. The summed E-state index contributed by atoms with van der Waals surface area (Å²) in [7, 11) is -3.85. The topological polar surface area (TPSA) is 84.2 Å². The molecule has 1 heterocycles. The molecule has 2 N–H and O–H groups in total. The molecule has 20 heavy (non-hydrogen) atoms. The molecule has 6 nitrogen and oxygen atoms in total. The van der Waals surface area contributed by atoms with Crippen molar-refractivity contribution in [1.29, 1.82) is 0 Å². The van der Waals surface area contributed by atoms with Gasteiger partial charge in [-0.25, -0.2) is 13.1 Å². The Bertz CT molecular complexity index is 513. The van der Waals surface area contributed by atoms with Crippen molar-refractivity contribution in [3.05, 3.63) is 12.4 Å². The second kappa shape index (κ2) is 7.04. The van der Waals surface area contributed by atoms with Crippen molar-refractivity contribution >= 4 is 10.0 Å². The molecule has 0 saturated carbocycles. The summed E-state index contributed by atoms with van der Waals surface area (Å²) in [5.74, 6) is 0. The summed E-state index contributed by atoms with van der Waals surface area (Å²) in [4.78, 5) is -0.109. The van der Waals surface area contributed by atoms with Crippen LogP contribution in [0.5, 0.6) is 0 Å². The van der Waals surface area contributed by atoms with Crippen molar-refractivity contribution < 1.29 is 26.7 Å². The quantitative estimate of drug-likeness (QED) is 0.698. The minimum Gasteiger partial charge on any atom is -0.396 e. The Balaban J connectivity index is 2.49. The Morgan fingerprint density at radius 1 is 1.35 bits per heavy atom. The molecule has 0 radical (unpaired) electrons. The zero-order chi connectivity index (χ0) is 15.2. The third kappa shape index (κ3) is 5.88. The van der Waals surface area contributed by atoms with E-state index in [1.54, 1.807) is 0 Å². The van der Waals surface area contributed by atoms with Crippen LogP contribution >= 0.6 is 0 Å². The molecule has 0 amide bonds. The second-order valence-electron chi connectivity index (χ2n) is 4.13. The third-order valence-electron chi connectivity index (χ3n) is 2.39. The number of sulfonamides is 1. The standard InChI is InChI=1S/C10H16F3N3O3S/c11-10(12,13)3-1-4-15-20(18,19)9-7-14-16(8-9)5-2-6-17/h7-8,15,17H,1-6H2. The zero-order valence-electron chi connectivity index (χ0n) is 10.6. The summed E-state index contributed by atoms with van der Waals surface area (Å²) < 4.78 is 62.7. The predicted molar refractivity (Wildman–Crippen MR) is 64.4 cm³/mol. The van der Waals surface area contributed by atoms with Gasteiger partial charge in [-0.3, -0.25) is 4.68 Å². The van der Waals surface area contributed by atoms with Gasteiger partial charge in [0.05, 0.1) is 6.20 Å². The van der Waals surface area contributed by atoms with E-state index in [4.69, 9.17) is 5.11 Å². The number of aliphatic hydroxyl groups excluding tert-OH is 1. The molecule has 0 unspecified atom stereocenters. The van der Waals surface area contributed by atoms with Crippen LogP contribution in [0, 0.1) is 0 Å². The maximum atomic E-state index is 11.9. The first-order valence-corrected chi connectivity index (χ1v) is 7.43. The molecule has 0 aliphatic rings. The molecule has 1 aromatic heterocycles. The van der Waals surface area contributed by atoms with Crippen molar-refractivity contribution in [2.45, 2.75) is 36.9 Å². The molecule has 0 fully saturated rings. The number of aliphatic hydroxyl groups is 1. The summed E-state index contributed by atoms with van der Waals surface area (Å²) in [5, 5.41) is 12.4. The highest BCUT2D eigenvalue weighted by molar-refractivity contribution is 7.89. The van der Waals surface area contributed by atoms with E-state index in [0.29, 0.717) is 13.0 Å². The Kier molecular flexibility index (Phi) is 5.96. The summed E-state index contributed by atoms with van der Waals surface area (Å²) >= 11 is 0. The van der Waals surface area contributed by atoms with E-state index in [0.717, 1.165) is 6.20 Å². The lowest BCUT2D eigenvalue weighted by molar-refractivity contribution is -0.135. The molecule has 10 heteroatoms. The molecular weight excluding hydrogens is 299 g/mol. The van der Waals surface area contributed by atoms with Crippen LogP contribution in [0.3, 0.4) is 0 Å². The predicted octanol–water partition coefficient (Wildman–Crippen LogP) is 0.886. The van der Waals surface area contributed by atoms with E-state index < -0.39 is 22.6 Å². The fourth-order valence-electron chi connectivity index (χ4n) is 1.42. The summed E-state index contributed by atoms with van der Waals surface area (Å²) in [6, 6.07) is 0. The highest BCUT2D eigenvalue weighted by Gasteiger charge is 2.26. The molecule has 0 bridgehead atoms. The largest absolute Gasteiger partial charge is 0.396 e. The van der Waals surface area contributed by atoms with Gasteiger partial charge in [0, 0.05) is 32.3 Å². The Labute approximate surface area is 114 Å². The average molecular weight is 315 g/mol. The van der Waals surface area contributed by atoms with Gasteiger partial charge >= 0.3 is 6.18 Å². The molecule has 1 rings (SSSR count). The molecular formula is C10H16F3N3O3S. The first kappa shape index (κ1) is 16.9. The molecule has 0 aliphatic carbocycles. The minimum atomic E-state index is -4.29. The number of hydrogen-bond donors (Lipinski definition) is 2. The number of hydrogen-bond acceptors (Lipinski definition) is 4. The van der Waals surface area contributed by atoms with Gasteiger partial charge in [0.1, 0.15) is 4.90 Å². The lowest BCUT2D eigenvalue weighted by Gasteiger charge is -2.07. The number of nitrogens with one attached hydrogen (secondary N) is 1. The van der Waals surface area contributed by atoms with Gasteiger partial charge in [0.25, 0.3) is 0 Å². The first-order chi connectivity index (χ1) is 9.24. The first-order valence-electron chi connectivity index (χ1n) is 5.94. The fourth-order valence-corrected chi connectivity index (χ4v) is 2.44. The Morgan fingerprint density at radius 3 is 2.65 bits per heavy atom.